The highest BCUT2D eigenvalue weighted by molar-refractivity contribution is 7.89. The number of alkyl halides is 3. The third kappa shape index (κ3) is 14.5. The molecule has 1 aromatic rings. The monoisotopic (exact) mass is 698 g/mol. The van der Waals surface area contributed by atoms with Crippen LogP contribution in [0, 0.1) is 36.5 Å². The summed E-state index contributed by atoms with van der Waals surface area (Å²) in [6.07, 6.45) is 8.65. The second-order valence-corrected chi connectivity index (χ2v) is 14.8. The van der Waals surface area contributed by atoms with Gasteiger partial charge in [-0.2, -0.15) is 13.2 Å². The lowest BCUT2D eigenvalue weighted by Gasteiger charge is -2.33. The molecule has 1 fully saturated rings. The molecule has 268 valence electrons. The highest BCUT2D eigenvalue weighted by atomic mass is 32.2. The van der Waals surface area contributed by atoms with Crippen LogP contribution in [0.1, 0.15) is 56.9 Å². The first kappa shape index (κ1) is 41.0. The van der Waals surface area contributed by atoms with Gasteiger partial charge in [0.1, 0.15) is 12.1 Å². The lowest BCUT2D eigenvalue weighted by Crippen LogP contribution is -2.56. The summed E-state index contributed by atoms with van der Waals surface area (Å²) in [5, 5.41) is 26.7. The van der Waals surface area contributed by atoms with Gasteiger partial charge in [0.15, 0.2) is 0 Å². The van der Waals surface area contributed by atoms with Crippen LogP contribution in [0.2, 0.25) is 0 Å². The largest absolute Gasteiger partial charge is 0.401 e. The second kappa shape index (κ2) is 19.8. The number of nitrogens with one attached hydrogen (secondary N) is 2. The number of hydrogen-bond acceptors (Lipinski definition) is 7. The Morgan fingerprint density at radius 3 is 2.19 bits per heavy atom. The van der Waals surface area contributed by atoms with E-state index >= 15 is 0 Å². The van der Waals surface area contributed by atoms with Crippen LogP contribution in [0.15, 0.2) is 30.3 Å². The number of halogens is 3. The summed E-state index contributed by atoms with van der Waals surface area (Å²) in [4.78, 5) is 28.2. The van der Waals surface area contributed by atoms with Crippen LogP contribution in [0.3, 0.4) is 0 Å². The van der Waals surface area contributed by atoms with Crippen LogP contribution in [-0.2, 0) is 26.0 Å². The molecular weight excluding hydrogens is 649 g/mol. The molecular formula is C34H49F3N4O6S. The van der Waals surface area contributed by atoms with Gasteiger partial charge in [0, 0.05) is 33.0 Å². The Bertz CT molecular complexity index is 1340. The standard InChI is InChI=1S/C34H49F3N4O6S/c1-5-13-28(33(45)39-29(31(43)30(42)14-6-2)22-26-17-11-8-12-18-26)38-32(44)27(21-25-15-9-7-10-16-25)23-48(46,47)41(4)20-19-40(3)24-34(35,36)37/h1-2,7,9-10,15-16,26-31,42-43H,8,11-14,17-24H2,3-4H3,(H,38,44)(H,39,45)/t27?,28-,29-,30-,31+/m0/s1. The van der Waals surface area contributed by atoms with E-state index in [9.17, 15) is 41.4 Å². The Morgan fingerprint density at radius 2 is 1.60 bits per heavy atom. The maximum Gasteiger partial charge on any atom is 0.401 e. The predicted molar refractivity (Wildman–Crippen MR) is 178 cm³/mol. The van der Waals surface area contributed by atoms with Crippen LogP contribution in [-0.4, -0.2) is 110 Å². The fourth-order valence-corrected chi connectivity index (χ4v) is 7.21. The van der Waals surface area contributed by atoms with Crippen molar-refractivity contribution in [1.29, 1.82) is 0 Å². The number of amides is 2. The zero-order valence-electron chi connectivity index (χ0n) is 27.7. The van der Waals surface area contributed by atoms with Gasteiger partial charge in [0.2, 0.25) is 21.8 Å². The minimum atomic E-state index is -4.44. The third-order valence-electron chi connectivity index (χ3n) is 8.56. The van der Waals surface area contributed by atoms with E-state index in [4.69, 9.17) is 12.8 Å². The number of aliphatic hydroxyl groups is 2. The quantitative estimate of drug-likeness (QED) is 0.163. The van der Waals surface area contributed by atoms with E-state index in [-0.39, 0.29) is 38.3 Å². The predicted octanol–water partition coefficient (Wildman–Crippen LogP) is 2.31. The summed E-state index contributed by atoms with van der Waals surface area (Å²) < 4.78 is 65.8. The van der Waals surface area contributed by atoms with Crippen molar-refractivity contribution >= 4 is 21.8 Å². The molecule has 2 rings (SSSR count). The average molecular weight is 699 g/mol. The van der Waals surface area contributed by atoms with Gasteiger partial charge in [0.25, 0.3) is 0 Å². The molecule has 1 unspecified atom stereocenters. The van der Waals surface area contributed by atoms with Crippen LogP contribution in [0.25, 0.3) is 0 Å². The van der Waals surface area contributed by atoms with E-state index in [0.29, 0.717) is 12.0 Å². The maximum absolute atomic E-state index is 13.7. The molecule has 48 heavy (non-hydrogen) atoms. The summed E-state index contributed by atoms with van der Waals surface area (Å²) >= 11 is 0. The van der Waals surface area contributed by atoms with Crippen molar-refractivity contribution < 1.29 is 41.4 Å². The van der Waals surface area contributed by atoms with Gasteiger partial charge in [0.05, 0.1) is 30.4 Å². The van der Waals surface area contributed by atoms with E-state index in [1.165, 1.54) is 14.1 Å². The van der Waals surface area contributed by atoms with Gasteiger partial charge in [-0.25, -0.2) is 12.7 Å². The molecule has 1 aliphatic rings. The average Bonchev–Trinajstić information content (AvgIpc) is 3.02. The number of carbonyl (C=O) groups excluding carboxylic acids is 2. The number of carbonyl (C=O) groups is 2. The fourth-order valence-electron chi connectivity index (χ4n) is 5.82. The van der Waals surface area contributed by atoms with Gasteiger partial charge in [-0.05, 0) is 31.4 Å². The second-order valence-electron chi connectivity index (χ2n) is 12.6. The Kier molecular flexibility index (Phi) is 16.9. The lowest BCUT2D eigenvalue weighted by molar-refractivity contribution is -0.143. The van der Waals surface area contributed by atoms with Gasteiger partial charge < -0.3 is 20.8 Å². The Hall–Kier alpha value is -3.14. The molecule has 10 nitrogen and oxygen atoms in total. The Labute approximate surface area is 282 Å². The van der Waals surface area contributed by atoms with Crippen molar-refractivity contribution in [2.75, 3.05) is 39.5 Å². The summed E-state index contributed by atoms with van der Waals surface area (Å²) in [7, 11) is -1.69. The first-order chi connectivity index (χ1) is 22.6. The smallest absolute Gasteiger partial charge is 0.389 e. The normalized spacial score (nSPS) is 17.5. The first-order valence-corrected chi connectivity index (χ1v) is 17.7. The van der Waals surface area contributed by atoms with Crippen LogP contribution >= 0.6 is 0 Å². The maximum atomic E-state index is 13.7. The highest BCUT2D eigenvalue weighted by Crippen LogP contribution is 2.29. The van der Waals surface area contributed by atoms with E-state index in [0.717, 1.165) is 41.3 Å². The van der Waals surface area contributed by atoms with Crippen molar-refractivity contribution in [3.63, 3.8) is 0 Å². The minimum Gasteiger partial charge on any atom is -0.389 e. The van der Waals surface area contributed by atoms with Crippen LogP contribution in [0.5, 0.6) is 0 Å². The molecule has 0 aliphatic heterocycles. The third-order valence-corrected chi connectivity index (χ3v) is 10.5. The number of hydrogen-bond donors (Lipinski definition) is 4. The lowest BCUT2D eigenvalue weighted by atomic mass is 9.82. The van der Waals surface area contributed by atoms with Crippen LogP contribution in [0.4, 0.5) is 13.2 Å². The van der Waals surface area contributed by atoms with Crippen molar-refractivity contribution in [2.45, 2.75) is 88.3 Å². The number of terminal acetylenes is 2. The number of likely N-dealkylation sites (N-methyl/N-ethyl adjacent to an activating group) is 2. The molecule has 0 saturated heterocycles. The summed E-state index contributed by atoms with van der Waals surface area (Å²) in [6, 6.07) is 6.46. The summed E-state index contributed by atoms with van der Waals surface area (Å²) in [6.45, 7) is -1.65. The van der Waals surface area contributed by atoms with Gasteiger partial charge >= 0.3 is 6.18 Å². The molecule has 0 spiro atoms. The number of sulfonamides is 1. The summed E-state index contributed by atoms with van der Waals surface area (Å²) in [5.74, 6) is 1.51. The van der Waals surface area contributed by atoms with Crippen molar-refractivity contribution in [3.05, 3.63) is 35.9 Å². The molecule has 1 aliphatic carbocycles. The van der Waals surface area contributed by atoms with Crippen molar-refractivity contribution in [3.8, 4) is 24.7 Å². The van der Waals surface area contributed by atoms with E-state index in [1.807, 2.05) is 0 Å². The molecule has 5 atom stereocenters. The van der Waals surface area contributed by atoms with Crippen LogP contribution < -0.4 is 10.6 Å². The SMILES string of the molecule is C#CC[C@H](NC(=O)C(Cc1ccccc1)CS(=O)(=O)N(C)CCN(C)CC(F)(F)F)C(=O)N[C@@H](CC1CCCCC1)[C@@H](O)[C@@H](O)CC#C. The van der Waals surface area contributed by atoms with E-state index < -0.39 is 70.5 Å². The van der Waals surface area contributed by atoms with Gasteiger partial charge in [-0.3, -0.25) is 14.5 Å². The number of rotatable bonds is 19. The van der Waals surface area contributed by atoms with E-state index in [2.05, 4.69) is 22.5 Å². The molecule has 1 aromatic carbocycles. The first-order valence-electron chi connectivity index (χ1n) is 16.1. The zero-order valence-corrected chi connectivity index (χ0v) is 28.5. The molecule has 2 amide bonds. The van der Waals surface area contributed by atoms with Gasteiger partial charge in [-0.1, -0.05) is 62.4 Å². The Balaban J connectivity index is 2.24. The van der Waals surface area contributed by atoms with Crippen molar-refractivity contribution in [1.82, 2.24) is 19.8 Å². The molecule has 4 N–H and O–H groups in total. The number of benzene rings is 1. The molecule has 0 aromatic heterocycles. The molecule has 0 radical (unpaired) electrons. The zero-order chi connectivity index (χ0) is 35.9. The molecule has 14 heteroatoms. The topological polar surface area (TPSA) is 139 Å². The number of nitrogens with zero attached hydrogens (tertiary/aromatic N) is 2. The fraction of sp³-hybridized carbons (Fsp3) is 0.647. The van der Waals surface area contributed by atoms with Crippen molar-refractivity contribution in [2.24, 2.45) is 11.8 Å². The van der Waals surface area contributed by atoms with Gasteiger partial charge in [-0.15, -0.1) is 24.7 Å². The summed E-state index contributed by atoms with van der Waals surface area (Å²) in [5.41, 5.74) is 0.650. The number of aliphatic hydroxyl groups excluding tert-OH is 2. The Morgan fingerprint density at radius 1 is 0.979 bits per heavy atom. The highest BCUT2D eigenvalue weighted by Gasteiger charge is 2.35. The molecule has 0 heterocycles. The molecule has 1 saturated carbocycles. The van der Waals surface area contributed by atoms with E-state index in [1.54, 1.807) is 30.3 Å². The molecule has 0 bridgehead atoms. The minimum absolute atomic E-state index is 0.0145.